The number of hydrogen-bond donors (Lipinski definition) is 1. The first-order chi connectivity index (χ1) is 9.98. The fourth-order valence-electron chi connectivity index (χ4n) is 2.49. The lowest BCUT2D eigenvalue weighted by Gasteiger charge is -2.28. The number of fused-ring (bicyclic) bond motifs is 1. The highest BCUT2D eigenvalue weighted by molar-refractivity contribution is 9.10. The maximum Gasteiger partial charge on any atom is 0.243 e. The number of nitrogens with two attached hydrogens (primary N) is 1. The standard InChI is InChI=1S/C15H15BrN2O2S/c16-14-9-13(5-6-15(14)17)21(19,20)18-8-7-11-3-1-2-4-12(11)10-18/h1-6,9H,7-8,10,17H2. The van der Waals surface area contributed by atoms with Gasteiger partial charge in [-0.15, -0.1) is 0 Å². The van der Waals surface area contributed by atoms with Gasteiger partial charge in [0.05, 0.1) is 4.90 Å². The van der Waals surface area contributed by atoms with Gasteiger partial charge in [-0.3, -0.25) is 0 Å². The normalized spacial score (nSPS) is 15.7. The SMILES string of the molecule is Nc1ccc(S(=O)(=O)N2CCc3ccccc3C2)cc1Br. The predicted molar refractivity (Wildman–Crippen MR) is 86.3 cm³/mol. The minimum atomic E-state index is -3.50. The molecule has 110 valence electrons. The molecule has 0 bridgehead atoms. The zero-order chi connectivity index (χ0) is 15.0. The maximum absolute atomic E-state index is 12.7. The first kappa shape index (κ1) is 14.6. The van der Waals surface area contributed by atoms with Crippen LogP contribution < -0.4 is 5.73 Å². The van der Waals surface area contributed by atoms with Gasteiger partial charge in [-0.2, -0.15) is 4.31 Å². The highest BCUT2D eigenvalue weighted by atomic mass is 79.9. The molecule has 0 aromatic heterocycles. The lowest BCUT2D eigenvalue weighted by Crippen LogP contribution is -2.35. The molecule has 0 amide bonds. The van der Waals surface area contributed by atoms with Crippen molar-refractivity contribution < 1.29 is 8.42 Å². The van der Waals surface area contributed by atoms with Crippen LogP contribution in [0.5, 0.6) is 0 Å². The Kier molecular flexibility index (Phi) is 3.77. The molecule has 2 aromatic rings. The summed E-state index contributed by atoms with van der Waals surface area (Å²) in [5, 5.41) is 0. The molecule has 6 heteroatoms. The minimum Gasteiger partial charge on any atom is -0.398 e. The van der Waals surface area contributed by atoms with E-state index >= 15 is 0 Å². The highest BCUT2D eigenvalue weighted by Crippen LogP contribution is 2.28. The lowest BCUT2D eigenvalue weighted by molar-refractivity contribution is 0.391. The van der Waals surface area contributed by atoms with Gasteiger partial charge < -0.3 is 5.73 Å². The molecule has 4 nitrogen and oxygen atoms in total. The largest absolute Gasteiger partial charge is 0.398 e. The number of nitrogens with zero attached hydrogens (tertiary/aromatic N) is 1. The average molecular weight is 367 g/mol. The molecular formula is C15H15BrN2O2S. The van der Waals surface area contributed by atoms with E-state index in [1.165, 1.54) is 9.87 Å². The number of anilines is 1. The third-order valence-electron chi connectivity index (χ3n) is 3.71. The van der Waals surface area contributed by atoms with Crippen LogP contribution in [0.4, 0.5) is 5.69 Å². The number of halogens is 1. The topological polar surface area (TPSA) is 63.4 Å². The van der Waals surface area contributed by atoms with Crippen molar-refractivity contribution in [3.05, 3.63) is 58.1 Å². The van der Waals surface area contributed by atoms with Crippen LogP contribution in [0.1, 0.15) is 11.1 Å². The summed E-state index contributed by atoms with van der Waals surface area (Å²) < 4.78 is 27.6. The van der Waals surface area contributed by atoms with E-state index in [2.05, 4.69) is 22.0 Å². The number of sulfonamides is 1. The molecule has 1 heterocycles. The number of rotatable bonds is 2. The second-order valence-electron chi connectivity index (χ2n) is 5.04. The van der Waals surface area contributed by atoms with E-state index in [-0.39, 0.29) is 4.90 Å². The Bertz CT molecular complexity index is 790. The summed E-state index contributed by atoms with van der Waals surface area (Å²) in [6.07, 6.45) is 0.742. The van der Waals surface area contributed by atoms with Gasteiger partial charge in [0.15, 0.2) is 0 Å². The van der Waals surface area contributed by atoms with Crippen LogP contribution in [-0.2, 0) is 23.0 Å². The Hall–Kier alpha value is -1.37. The van der Waals surface area contributed by atoms with Crippen LogP contribution >= 0.6 is 15.9 Å². The molecule has 0 radical (unpaired) electrons. The molecular weight excluding hydrogens is 352 g/mol. The summed E-state index contributed by atoms with van der Waals surface area (Å²) in [5.41, 5.74) is 8.54. The van der Waals surface area contributed by atoms with Crippen LogP contribution in [0.15, 0.2) is 51.8 Å². The molecule has 0 saturated heterocycles. The van der Waals surface area contributed by atoms with Crippen LogP contribution in [-0.4, -0.2) is 19.3 Å². The van der Waals surface area contributed by atoms with Crippen LogP contribution in [0.2, 0.25) is 0 Å². The van der Waals surface area contributed by atoms with Crippen molar-refractivity contribution in [2.24, 2.45) is 0 Å². The van der Waals surface area contributed by atoms with Gasteiger partial charge in [0.25, 0.3) is 0 Å². The Labute approximate surface area is 132 Å². The molecule has 0 aliphatic carbocycles. The van der Waals surface area contributed by atoms with Crippen LogP contribution in [0.25, 0.3) is 0 Å². The summed E-state index contributed by atoms with van der Waals surface area (Å²) in [5.74, 6) is 0. The number of hydrogen-bond acceptors (Lipinski definition) is 3. The van der Waals surface area contributed by atoms with Crippen molar-refractivity contribution >= 4 is 31.6 Å². The van der Waals surface area contributed by atoms with E-state index < -0.39 is 10.0 Å². The van der Waals surface area contributed by atoms with E-state index in [0.29, 0.717) is 23.2 Å². The van der Waals surface area contributed by atoms with Gasteiger partial charge in [-0.1, -0.05) is 24.3 Å². The summed E-state index contributed by atoms with van der Waals surface area (Å²) >= 11 is 3.28. The van der Waals surface area contributed by atoms with Gasteiger partial charge in [-0.25, -0.2) is 8.42 Å². The van der Waals surface area contributed by atoms with Gasteiger partial charge in [0, 0.05) is 23.2 Å². The third kappa shape index (κ3) is 2.71. The average Bonchev–Trinajstić information content (AvgIpc) is 2.49. The molecule has 0 unspecified atom stereocenters. The fourth-order valence-corrected chi connectivity index (χ4v) is 4.47. The summed E-state index contributed by atoms with van der Waals surface area (Å²) in [4.78, 5) is 0.267. The number of nitrogen functional groups attached to an aromatic ring is 1. The van der Waals surface area contributed by atoms with E-state index in [1.54, 1.807) is 18.2 Å². The molecule has 1 aliphatic heterocycles. The monoisotopic (exact) mass is 366 g/mol. The highest BCUT2D eigenvalue weighted by Gasteiger charge is 2.28. The first-order valence-corrected chi connectivity index (χ1v) is 8.84. The van der Waals surface area contributed by atoms with Crippen LogP contribution in [0, 0.1) is 0 Å². The Morgan fingerprint density at radius 2 is 1.81 bits per heavy atom. The van der Waals surface area contributed by atoms with E-state index in [9.17, 15) is 8.42 Å². The molecule has 0 saturated carbocycles. The van der Waals surface area contributed by atoms with Crippen molar-refractivity contribution in [3.63, 3.8) is 0 Å². The van der Waals surface area contributed by atoms with Gasteiger partial charge >= 0.3 is 0 Å². The molecule has 0 fully saturated rings. The second kappa shape index (κ2) is 5.44. The summed E-state index contributed by atoms with van der Waals surface area (Å²) in [6.45, 7) is 0.918. The van der Waals surface area contributed by atoms with Crippen molar-refractivity contribution in [1.29, 1.82) is 0 Å². The molecule has 21 heavy (non-hydrogen) atoms. The summed E-state index contributed by atoms with van der Waals surface area (Å²) in [7, 11) is -3.50. The smallest absolute Gasteiger partial charge is 0.243 e. The zero-order valence-corrected chi connectivity index (χ0v) is 13.7. The Morgan fingerprint density at radius 1 is 1.10 bits per heavy atom. The zero-order valence-electron chi connectivity index (χ0n) is 11.3. The van der Waals surface area contributed by atoms with Gasteiger partial charge in [-0.05, 0) is 51.7 Å². The minimum absolute atomic E-state index is 0.267. The second-order valence-corrected chi connectivity index (χ2v) is 7.83. The maximum atomic E-state index is 12.7. The summed E-state index contributed by atoms with van der Waals surface area (Å²) in [6, 6.07) is 12.7. The van der Waals surface area contributed by atoms with E-state index in [0.717, 1.165) is 12.0 Å². The van der Waals surface area contributed by atoms with Crippen LogP contribution in [0.3, 0.4) is 0 Å². The Balaban J connectivity index is 1.95. The van der Waals surface area contributed by atoms with E-state index in [1.807, 2.05) is 18.2 Å². The molecule has 2 aromatic carbocycles. The quantitative estimate of drug-likeness (QED) is 0.831. The Morgan fingerprint density at radius 3 is 2.52 bits per heavy atom. The first-order valence-electron chi connectivity index (χ1n) is 6.60. The molecule has 0 atom stereocenters. The molecule has 3 rings (SSSR count). The predicted octanol–water partition coefficient (Wildman–Crippen LogP) is 2.78. The van der Waals surface area contributed by atoms with Gasteiger partial charge in [0.1, 0.15) is 0 Å². The van der Waals surface area contributed by atoms with Crippen molar-refractivity contribution in [3.8, 4) is 0 Å². The van der Waals surface area contributed by atoms with Crippen molar-refractivity contribution in [1.82, 2.24) is 4.31 Å². The number of benzene rings is 2. The molecule has 1 aliphatic rings. The molecule has 0 spiro atoms. The van der Waals surface area contributed by atoms with Crippen molar-refractivity contribution in [2.75, 3.05) is 12.3 Å². The third-order valence-corrected chi connectivity index (χ3v) is 6.23. The lowest BCUT2D eigenvalue weighted by atomic mass is 10.0. The van der Waals surface area contributed by atoms with Gasteiger partial charge in [0.2, 0.25) is 10.0 Å². The fraction of sp³-hybridized carbons (Fsp3) is 0.200. The van der Waals surface area contributed by atoms with E-state index in [4.69, 9.17) is 5.73 Å². The molecule has 2 N–H and O–H groups in total. The van der Waals surface area contributed by atoms with Crippen molar-refractivity contribution in [2.45, 2.75) is 17.9 Å².